The zero-order valence-electron chi connectivity index (χ0n) is 21.4. The van der Waals surface area contributed by atoms with Gasteiger partial charge in [-0.1, -0.05) is 91.0 Å². The van der Waals surface area contributed by atoms with Gasteiger partial charge in [0.25, 0.3) is 0 Å². The molecule has 3 aromatic carbocycles. The van der Waals surface area contributed by atoms with Crippen LogP contribution in [0.3, 0.4) is 0 Å². The Morgan fingerprint density at radius 2 is 1.22 bits per heavy atom. The Balaban J connectivity index is 2.01. The second-order valence-corrected chi connectivity index (χ2v) is 10.0. The largest absolute Gasteiger partial charge is 0.481 e. The summed E-state index contributed by atoms with van der Waals surface area (Å²) >= 11 is 0. The molecule has 7 heteroatoms. The van der Waals surface area contributed by atoms with E-state index in [1.54, 1.807) is 20.8 Å². The molecule has 3 aromatic rings. The predicted molar refractivity (Wildman–Crippen MR) is 142 cm³/mol. The molecule has 0 fully saturated rings. The number of benzene rings is 3. The van der Waals surface area contributed by atoms with Crippen LogP contribution in [0.25, 0.3) is 0 Å². The van der Waals surface area contributed by atoms with E-state index >= 15 is 0 Å². The van der Waals surface area contributed by atoms with Gasteiger partial charge in [-0.3, -0.25) is 14.4 Å². The van der Waals surface area contributed by atoms with E-state index < -0.39 is 47.4 Å². The van der Waals surface area contributed by atoms with Crippen LogP contribution in [0.5, 0.6) is 0 Å². The Kier molecular flexibility index (Phi) is 8.84. The number of carbonyl (C=O) groups is 3. The van der Waals surface area contributed by atoms with E-state index in [9.17, 15) is 19.5 Å². The van der Waals surface area contributed by atoms with E-state index in [-0.39, 0.29) is 6.42 Å². The molecule has 4 N–H and O–H groups in total. The molecule has 37 heavy (non-hydrogen) atoms. The highest BCUT2D eigenvalue weighted by molar-refractivity contribution is 5.86. The van der Waals surface area contributed by atoms with Gasteiger partial charge in [0, 0.05) is 0 Å². The minimum absolute atomic E-state index is 0.179. The van der Waals surface area contributed by atoms with E-state index in [4.69, 9.17) is 10.5 Å². The van der Waals surface area contributed by atoms with E-state index in [0.29, 0.717) is 0 Å². The van der Waals surface area contributed by atoms with Crippen molar-refractivity contribution in [2.45, 2.75) is 50.8 Å². The summed E-state index contributed by atoms with van der Waals surface area (Å²) < 4.78 is 5.40. The molecule has 0 aliphatic heterocycles. The van der Waals surface area contributed by atoms with Crippen LogP contribution in [-0.4, -0.2) is 34.6 Å². The van der Waals surface area contributed by atoms with Crippen molar-refractivity contribution < 1.29 is 24.2 Å². The maximum absolute atomic E-state index is 13.7. The second kappa shape index (κ2) is 11.8. The number of amides is 1. The van der Waals surface area contributed by atoms with E-state index in [0.717, 1.165) is 16.7 Å². The lowest BCUT2D eigenvalue weighted by Crippen LogP contribution is -2.53. The van der Waals surface area contributed by atoms with Crippen molar-refractivity contribution in [3.8, 4) is 0 Å². The fraction of sp³-hybridized carbons (Fsp3) is 0.300. The van der Waals surface area contributed by atoms with Gasteiger partial charge in [-0.25, -0.2) is 0 Å². The number of esters is 1. The number of hydrogen-bond acceptors (Lipinski definition) is 5. The molecule has 0 aliphatic rings. The molecule has 0 aliphatic carbocycles. The minimum atomic E-state index is -1.17. The van der Waals surface area contributed by atoms with Crippen LogP contribution in [0.4, 0.5) is 0 Å². The van der Waals surface area contributed by atoms with Gasteiger partial charge in [-0.15, -0.1) is 0 Å². The average molecular weight is 503 g/mol. The van der Waals surface area contributed by atoms with Gasteiger partial charge in [0.05, 0.1) is 18.4 Å². The summed E-state index contributed by atoms with van der Waals surface area (Å²) in [7, 11) is 0. The van der Waals surface area contributed by atoms with Gasteiger partial charge < -0.3 is 20.9 Å². The first-order valence-electron chi connectivity index (χ1n) is 12.2. The molecule has 194 valence electrons. The van der Waals surface area contributed by atoms with Crippen LogP contribution in [0.2, 0.25) is 0 Å². The van der Waals surface area contributed by atoms with Gasteiger partial charge in [-0.05, 0) is 43.9 Å². The van der Waals surface area contributed by atoms with Gasteiger partial charge in [0.15, 0.2) is 0 Å². The molecule has 0 heterocycles. The number of aliphatic carboxylic acids is 1. The Morgan fingerprint density at radius 3 is 1.57 bits per heavy atom. The van der Waals surface area contributed by atoms with Crippen LogP contribution < -0.4 is 11.1 Å². The summed E-state index contributed by atoms with van der Waals surface area (Å²) in [6, 6.07) is 27.5. The Morgan fingerprint density at radius 1 is 0.811 bits per heavy atom. The molecule has 0 spiro atoms. The Labute approximate surface area is 217 Å². The molecule has 7 nitrogen and oxygen atoms in total. The van der Waals surface area contributed by atoms with Gasteiger partial charge in [0.2, 0.25) is 5.91 Å². The normalized spacial score (nSPS) is 13.3. The monoisotopic (exact) mass is 502 g/mol. The number of nitrogens with one attached hydrogen (secondary N) is 1. The number of carboxylic acid groups (broad SMARTS) is 1. The van der Waals surface area contributed by atoms with Crippen molar-refractivity contribution >= 4 is 17.8 Å². The first-order valence-corrected chi connectivity index (χ1v) is 12.2. The van der Waals surface area contributed by atoms with Gasteiger partial charge >= 0.3 is 11.9 Å². The predicted octanol–water partition coefficient (Wildman–Crippen LogP) is 4.24. The van der Waals surface area contributed by atoms with Crippen LogP contribution in [0.15, 0.2) is 91.0 Å². The number of ether oxygens (including phenoxy) is 1. The molecule has 2 unspecified atom stereocenters. The van der Waals surface area contributed by atoms with Crippen molar-refractivity contribution in [1.82, 2.24) is 5.32 Å². The number of carbonyl (C=O) groups excluding carboxylic acids is 2. The fourth-order valence-electron chi connectivity index (χ4n) is 4.33. The molecular formula is C30H34N2O5. The summed E-state index contributed by atoms with van der Waals surface area (Å²) in [6.07, 6.45) is -0.668. The summed E-state index contributed by atoms with van der Waals surface area (Å²) in [5, 5.41) is 12.5. The first kappa shape index (κ1) is 27.6. The SMILES string of the molecule is CC(C)(C)OC(=O)C(CC(=O)O)CC(N)C(=O)NC(c1ccccc1)(c1ccccc1)c1ccccc1. The number of nitrogens with two attached hydrogens (primary N) is 1. The third-order valence-corrected chi connectivity index (χ3v) is 5.97. The van der Waals surface area contributed by atoms with Gasteiger partial charge in [0.1, 0.15) is 11.1 Å². The molecule has 0 aromatic heterocycles. The summed E-state index contributed by atoms with van der Waals surface area (Å²) in [5.41, 5.74) is 6.91. The first-order chi connectivity index (χ1) is 17.5. The third-order valence-electron chi connectivity index (χ3n) is 5.97. The quantitative estimate of drug-likeness (QED) is 0.282. The Bertz CT molecular complexity index is 1090. The molecule has 0 saturated carbocycles. The lowest BCUT2D eigenvalue weighted by Gasteiger charge is -2.38. The smallest absolute Gasteiger partial charge is 0.310 e. The zero-order valence-corrected chi connectivity index (χ0v) is 21.4. The highest BCUT2D eigenvalue weighted by Crippen LogP contribution is 2.37. The third kappa shape index (κ3) is 7.05. The molecule has 3 rings (SSSR count). The van der Waals surface area contributed by atoms with E-state index in [1.165, 1.54) is 0 Å². The molecule has 0 bridgehead atoms. The number of carboxylic acids is 1. The van der Waals surface area contributed by atoms with Crippen LogP contribution in [0, 0.1) is 5.92 Å². The lowest BCUT2D eigenvalue weighted by atomic mass is 9.76. The molecular weight excluding hydrogens is 468 g/mol. The van der Waals surface area contributed by atoms with Crippen LogP contribution in [-0.2, 0) is 24.7 Å². The Hall–Kier alpha value is -3.97. The van der Waals surface area contributed by atoms with Crippen molar-refractivity contribution in [2.75, 3.05) is 0 Å². The van der Waals surface area contributed by atoms with Gasteiger partial charge in [-0.2, -0.15) is 0 Å². The number of rotatable bonds is 10. The van der Waals surface area contributed by atoms with Crippen molar-refractivity contribution in [2.24, 2.45) is 11.7 Å². The maximum atomic E-state index is 13.7. The zero-order chi connectivity index (χ0) is 27.1. The average Bonchev–Trinajstić information content (AvgIpc) is 2.87. The fourth-order valence-corrected chi connectivity index (χ4v) is 4.33. The highest BCUT2D eigenvalue weighted by atomic mass is 16.6. The molecule has 1 amide bonds. The topological polar surface area (TPSA) is 119 Å². The van der Waals surface area contributed by atoms with E-state index in [1.807, 2.05) is 91.0 Å². The summed E-state index contributed by atoms with van der Waals surface area (Å²) in [4.78, 5) is 37.9. The molecule has 0 saturated heterocycles. The van der Waals surface area contributed by atoms with Crippen molar-refractivity contribution in [3.05, 3.63) is 108 Å². The van der Waals surface area contributed by atoms with Crippen molar-refractivity contribution in [3.63, 3.8) is 0 Å². The van der Waals surface area contributed by atoms with Crippen LogP contribution in [0.1, 0.15) is 50.3 Å². The molecule has 0 radical (unpaired) electrons. The lowest BCUT2D eigenvalue weighted by molar-refractivity contribution is -0.163. The second-order valence-electron chi connectivity index (χ2n) is 10.0. The van der Waals surface area contributed by atoms with Crippen molar-refractivity contribution in [1.29, 1.82) is 0 Å². The number of hydrogen-bond donors (Lipinski definition) is 3. The van der Waals surface area contributed by atoms with E-state index in [2.05, 4.69) is 5.32 Å². The summed E-state index contributed by atoms with van der Waals surface area (Å²) in [5.74, 6) is -3.46. The van der Waals surface area contributed by atoms with Crippen LogP contribution >= 0.6 is 0 Å². The standard InChI is InChI=1S/C30H34N2O5/c1-29(2,3)37-28(36)21(20-26(33)34)19-25(31)27(35)32-30(22-13-7-4-8-14-22,23-15-9-5-10-16-23)24-17-11-6-12-18-24/h4-18,21,25H,19-20,31H2,1-3H3,(H,32,35)(H,33,34). The highest BCUT2D eigenvalue weighted by Gasteiger charge is 2.40. The minimum Gasteiger partial charge on any atom is -0.481 e. The summed E-state index contributed by atoms with van der Waals surface area (Å²) in [6.45, 7) is 5.09. The maximum Gasteiger partial charge on any atom is 0.310 e. The molecule has 2 atom stereocenters.